The lowest BCUT2D eigenvalue weighted by Crippen LogP contribution is -2.30. The van der Waals surface area contributed by atoms with E-state index in [4.69, 9.17) is 16.3 Å². The summed E-state index contributed by atoms with van der Waals surface area (Å²) in [5.41, 5.74) is 2.22. The highest BCUT2D eigenvalue weighted by atomic mass is 35.5. The predicted molar refractivity (Wildman–Crippen MR) is 103 cm³/mol. The van der Waals surface area contributed by atoms with Crippen LogP contribution in [0, 0.1) is 6.92 Å². The largest absolute Gasteiger partial charge is 0.449 e. The predicted octanol–water partition coefficient (Wildman–Crippen LogP) is 4.02. The Morgan fingerprint density at radius 3 is 2.48 bits per heavy atom. The zero-order valence-corrected chi connectivity index (χ0v) is 15.6. The van der Waals surface area contributed by atoms with Crippen LogP contribution in [-0.4, -0.2) is 27.8 Å². The van der Waals surface area contributed by atoms with Crippen molar-refractivity contribution in [1.82, 2.24) is 9.78 Å². The molecule has 7 heteroatoms. The Morgan fingerprint density at radius 2 is 1.78 bits per heavy atom. The van der Waals surface area contributed by atoms with Crippen LogP contribution in [0.2, 0.25) is 5.02 Å². The second-order valence-electron chi connectivity index (χ2n) is 5.91. The molecular formula is C20H18ClN3O3. The Labute approximate surface area is 161 Å². The minimum atomic E-state index is -0.992. The van der Waals surface area contributed by atoms with Crippen LogP contribution in [0.4, 0.5) is 5.69 Å². The van der Waals surface area contributed by atoms with Crippen molar-refractivity contribution in [2.45, 2.75) is 20.0 Å². The SMILES string of the molecule is Cc1c(C(=O)OC(C)C(=O)Nc2ccccc2Cl)cnn1-c1ccccc1. The number of halogens is 1. The lowest BCUT2D eigenvalue weighted by atomic mass is 10.2. The first kappa shape index (κ1) is 18.7. The number of benzene rings is 2. The molecule has 3 rings (SSSR count). The van der Waals surface area contributed by atoms with Gasteiger partial charge in [-0.25, -0.2) is 9.48 Å². The number of hydrogen-bond donors (Lipinski definition) is 1. The average molecular weight is 384 g/mol. The van der Waals surface area contributed by atoms with Gasteiger partial charge in [0, 0.05) is 0 Å². The van der Waals surface area contributed by atoms with Crippen molar-refractivity contribution in [1.29, 1.82) is 0 Å². The Bertz CT molecular complexity index is 970. The van der Waals surface area contributed by atoms with Crippen LogP contribution in [0.3, 0.4) is 0 Å². The second kappa shape index (κ2) is 8.05. The van der Waals surface area contributed by atoms with Gasteiger partial charge in [0.1, 0.15) is 5.56 Å². The summed E-state index contributed by atoms with van der Waals surface area (Å²) >= 11 is 6.02. The molecule has 0 bridgehead atoms. The first-order valence-corrected chi connectivity index (χ1v) is 8.71. The van der Waals surface area contributed by atoms with Crippen LogP contribution in [-0.2, 0) is 9.53 Å². The van der Waals surface area contributed by atoms with E-state index in [-0.39, 0.29) is 0 Å². The number of esters is 1. The lowest BCUT2D eigenvalue weighted by molar-refractivity contribution is -0.123. The number of carbonyl (C=O) groups is 2. The zero-order chi connectivity index (χ0) is 19.4. The molecule has 1 N–H and O–H groups in total. The molecule has 1 aromatic heterocycles. The number of hydrogen-bond acceptors (Lipinski definition) is 4. The molecule has 0 saturated carbocycles. The van der Waals surface area contributed by atoms with E-state index in [9.17, 15) is 9.59 Å². The van der Waals surface area contributed by atoms with Gasteiger partial charge in [0.05, 0.1) is 28.3 Å². The molecule has 27 heavy (non-hydrogen) atoms. The maximum Gasteiger partial charge on any atom is 0.342 e. The fourth-order valence-electron chi connectivity index (χ4n) is 2.51. The molecule has 1 atom stereocenters. The standard InChI is InChI=1S/C20H18ClN3O3/c1-13-16(12-22-24(13)15-8-4-3-5-9-15)20(26)27-14(2)19(25)23-18-11-7-6-10-17(18)21/h3-12,14H,1-2H3,(H,23,25). The normalized spacial score (nSPS) is 11.7. The summed E-state index contributed by atoms with van der Waals surface area (Å²) in [5, 5.41) is 7.29. The van der Waals surface area contributed by atoms with Gasteiger partial charge in [-0.1, -0.05) is 41.9 Å². The van der Waals surface area contributed by atoms with E-state index in [1.54, 1.807) is 35.9 Å². The lowest BCUT2D eigenvalue weighted by Gasteiger charge is -2.14. The summed E-state index contributed by atoms with van der Waals surface area (Å²) in [7, 11) is 0. The molecule has 1 amide bonds. The second-order valence-corrected chi connectivity index (χ2v) is 6.31. The van der Waals surface area contributed by atoms with Crippen LogP contribution < -0.4 is 5.32 Å². The fourth-order valence-corrected chi connectivity index (χ4v) is 2.70. The molecular weight excluding hydrogens is 366 g/mol. The Balaban J connectivity index is 1.69. The fraction of sp³-hybridized carbons (Fsp3) is 0.150. The van der Waals surface area contributed by atoms with Crippen LogP contribution in [0.25, 0.3) is 5.69 Å². The van der Waals surface area contributed by atoms with E-state index in [0.29, 0.717) is 22.0 Å². The van der Waals surface area contributed by atoms with Gasteiger partial charge >= 0.3 is 5.97 Å². The number of aromatic nitrogens is 2. The summed E-state index contributed by atoms with van der Waals surface area (Å²) in [5.74, 6) is -1.08. The van der Waals surface area contributed by atoms with E-state index < -0.39 is 18.0 Å². The number of ether oxygens (including phenoxy) is 1. The number of amides is 1. The molecule has 1 heterocycles. The van der Waals surface area contributed by atoms with Crippen LogP contribution in [0.1, 0.15) is 23.0 Å². The van der Waals surface area contributed by atoms with E-state index >= 15 is 0 Å². The Kier molecular flexibility index (Phi) is 5.57. The molecule has 3 aromatic rings. The first-order chi connectivity index (χ1) is 13.0. The molecule has 0 aliphatic heterocycles. The van der Waals surface area contributed by atoms with Gasteiger partial charge in [-0.3, -0.25) is 4.79 Å². The van der Waals surface area contributed by atoms with Crippen molar-refractivity contribution in [2.24, 2.45) is 0 Å². The van der Waals surface area contributed by atoms with Gasteiger partial charge < -0.3 is 10.1 Å². The summed E-state index contributed by atoms with van der Waals surface area (Å²) in [4.78, 5) is 24.7. The molecule has 6 nitrogen and oxygen atoms in total. The monoisotopic (exact) mass is 383 g/mol. The molecule has 0 saturated heterocycles. The summed E-state index contributed by atoms with van der Waals surface area (Å²) in [6.07, 6.45) is 0.442. The first-order valence-electron chi connectivity index (χ1n) is 8.34. The van der Waals surface area contributed by atoms with Crippen molar-refractivity contribution >= 4 is 29.2 Å². The molecule has 2 aromatic carbocycles. The van der Waals surface area contributed by atoms with Gasteiger partial charge in [-0.05, 0) is 38.1 Å². The summed E-state index contributed by atoms with van der Waals surface area (Å²) < 4.78 is 6.94. The third-order valence-electron chi connectivity index (χ3n) is 4.02. The molecule has 0 fully saturated rings. The third kappa shape index (κ3) is 4.17. The van der Waals surface area contributed by atoms with Crippen molar-refractivity contribution in [3.8, 4) is 5.69 Å². The van der Waals surface area contributed by atoms with Gasteiger partial charge in [0.25, 0.3) is 5.91 Å². The van der Waals surface area contributed by atoms with Gasteiger partial charge in [-0.2, -0.15) is 5.10 Å². The highest BCUT2D eigenvalue weighted by molar-refractivity contribution is 6.33. The average Bonchev–Trinajstić information content (AvgIpc) is 3.05. The van der Waals surface area contributed by atoms with Gasteiger partial charge in [0.2, 0.25) is 0 Å². The highest BCUT2D eigenvalue weighted by Crippen LogP contribution is 2.21. The zero-order valence-electron chi connectivity index (χ0n) is 14.8. The van der Waals surface area contributed by atoms with Crippen molar-refractivity contribution in [3.63, 3.8) is 0 Å². The van der Waals surface area contributed by atoms with Gasteiger partial charge in [0.15, 0.2) is 6.10 Å². The van der Waals surface area contributed by atoms with Crippen LogP contribution in [0.15, 0.2) is 60.8 Å². The number of anilines is 1. The van der Waals surface area contributed by atoms with Crippen molar-refractivity contribution < 1.29 is 14.3 Å². The number of nitrogens with zero attached hydrogens (tertiary/aromatic N) is 2. The molecule has 0 radical (unpaired) electrons. The van der Waals surface area contributed by atoms with E-state index in [2.05, 4.69) is 10.4 Å². The van der Waals surface area contributed by atoms with Crippen molar-refractivity contribution in [2.75, 3.05) is 5.32 Å². The van der Waals surface area contributed by atoms with Crippen LogP contribution >= 0.6 is 11.6 Å². The number of nitrogens with one attached hydrogen (secondary N) is 1. The minimum absolute atomic E-state index is 0.302. The molecule has 0 aliphatic rings. The van der Waals surface area contributed by atoms with E-state index in [1.807, 2.05) is 30.3 Å². The molecule has 1 unspecified atom stereocenters. The van der Waals surface area contributed by atoms with Crippen LogP contribution in [0.5, 0.6) is 0 Å². The Morgan fingerprint density at radius 1 is 1.11 bits per heavy atom. The van der Waals surface area contributed by atoms with Crippen molar-refractivity contribution in [3.05, 3.63) is 77.1 Å². The topological polar surface area (TPSA) is 73.2 Å². The van der Waals surface area contributed by atoms with E-state index in [0.717, 1.165) is 5.69 Å². The number of carbonyl (C=O) groups excluding carboxylic acids is 2. The molecule has 0 aliphatic carbocycles. The smallest absolute Gasteiger partial charge is 0.342 e. The maximum absolute atomic E-state index is 12.5. The quantitative estimate of drug-likeness (QED) is 0.675. The summed E-state index contributed by atoms with van der Waals surface area (Å²) in [6, 6.07) is 16.3. The summed E-state index contributed by atoms with van der Waals surface area (Å²) in [6.45, 7) is 3.27. The highest BCUT2D eigenvalue weighted by Gasteiger charge is 2.23. The Hall–Kier alpha value is -3.12. The number of para-hydroxylation sites is 2. The maximum atomic E-state index is 12.5. The molecule has 138 valence electrons. The number of rotatable bonds is 5. The van der Waals surface area contributed by atoms with Gasteiger partial charge in [-0.15, -0.1) is 0 Å². The third-order valence-corrected chi connectivity index (χ3v) is 4.34. The molecule has 0 spiro atoms. The van der Waals surface area contributed by atoms with E-state index in [1.165, 1.54) is 13.1 Å². The minimum Gasteiger partial charge on any atom is -0.449 e.